The van der Waals surface area contributed by atoms with Gasteiger partial charge in [-0.25, -0.2) is 8.42 Å². The number of aryl methyl sites for hydroxylation is 2. The van der Waals surface area contributed by atoms with E-state index in [0.29, 0.717) is 17.8 Å². The summed E-state index contributed by atoms with van der Waals surface area (Å²) in [4.78, 5) is 12.5. The van der Waals surface area contributed by atoms with Gasteiger partial charge in [-0.3, -0.25) is 9.52 Å². The lowest BCUT2D eigenvalue weighted by molar-refractivity contribution is 0.0953. The van der Waals surface area contributed by atoms with Crippen LogP contribution in [-0.4, -0.2) is 20.9 Å². The molecule has 0 bridgehead atoms. The van der Waals surface area contributed by atoms with Crippen LogP contribution < -0.4 is 10.0 Å². The van der Waals surface area contributed by atoms with Crippen LogP contribution in [0.2, 0.25) is 0 Å². The highest BCUT2D eigenvalue weighted by Gasteiger charge is 2.14. The topological polar surface area (TPSA) is 75.3 Å². The maximum atomic E-state index is 12.4. The predicted octanol–water partition coefficient (Wildman–Crippen LogP) is 4.16. The normalized spacial score (nSPS) is 11.1. The van der Waals surface area contributed by atoms with Crippen LogP contribution in [0.25, 0.3) is 0 Å². The third kappa shape index (κ3) is 5.93. The molecule has 0 heterocycles. The van der Waals surface area contributed by atoms with Gasteiger partial charge in [-0.15, -0.1) is 0 Å². The van der Waals surface area contributed by atoms with Crippen LogP contribution in [-0.2, 0) is 16.4 Å². The number of anilines is 1. The summed E-state index contributed by atoms with van der Waals surface area (Å²) in [5.74, 6) is -0.175. The van der Waals surface area contributed by atoms with E-state index in [2.05, 4.69) is 22.2 Å². The van der Waals surface area contributed by atoms with Crippen LogP contribution in [0, 0.1) is 6.92 Å². The summed E-state index contributed by atoms with van der Waals surface area (Å²) < 4.78 is 27.4. The molecule has 0 fully saturated rings. The van der Waals surface area contributed by atoms with E-state index in [4.69, 9.17) is 0 Å². The molecule has 6 heteroatoms. The third-order valence-electron chi connectivity index (χ3n) is 4.50. The molecular formula is C23H24N2O3S. The molecule has 0 aromatic heterocycles. The Morgan fingerprint density at radius 1 is 0.862 bits per heavy atom. The van der Waals surface area contributed by atoms with Crippen molar-refractivity contribution in [2.24, 2.45) is 0 Å². The average Bonchev–Trinajstić information content (AvgIpc) is 2.72. The number of benzene rings is 3. The molecule has 29 heavy (non-hydrogen) atoms. The molecule has 0 unspecified atom stereocenters. The van der Waals surface area contributed by atoms with Crippen molar-refractivity contribution in [2.45, 2.75) is 24.7 Å². The summed E-state index contributed by atoms with van der Waals surface area (Å²) in [5.41, 5.74) is 3.13. The first kappa shape index (κ1) is 20.6. The molecule has 3 rings (SSSR count). The second-order valence-corrected chi connectivity index (χ2v) is 8.52. The number of carbonyl (C=O) groups excluding carboxylic acids is 1. The van der Waals surface area contributed by atoms with Gasteiger partial charge in [0.25, 0.3) is 15.9 Å². The first-order valence-electron chi connectivity index (χ1n) is 9.46. The van der Waals surface area contributed by atoms with Gasteiger partial charge in [0.15, 0.2) is 0 Å². The van der Waals surface area contributed by atoms with E-state index < -0.39 is 10.0 Å². The molecule has 3 aromatic rings. The second kappa shape index (κ2) is 9.39. The van der Waals surface area contributed by atoms with E-state index in [9.17, 15) is 13.2 Å². The van der Waals surface area contributed by atoms with Gasteiger partial charge in [0.1, 0.15) is 0 Å². The molecule has 1 amide bonds. The van der Waals surface area contributed by atoms with Gasteiger partial charge in [0.05, 0.1) is 4.90 Å². The zero-order valence-corrected chi connectivity index (χ0v) is 17.1. The van der Waals surface area contributed by atoms with Crippen LogP contribution in [0.3, 0.4) is 0 Å². The number of hydrogen-bond acceptors (Lipinski definition) is 3. The van der Waals surface area contributed by atoms with E-state index in [-0.39, 0.29) is 10.8 Å². The van der Waals surface area contributed by atoms with Gasteiger partial charge in [0, 0.05) is 17.8 Å². The maximum Gasteiger partial charge on any atom is 0.261 e. The quantitative estimate of drug-likeness (QED) is 0.550. The Morgan fingerprint density at radius 2 is 1.52 bits per heavy atom. The molecule has 3 aromatic carbocycles. The zero-order chi connectivity index (χ0) is 20.7. The molecule has 0 spiro atoms. The van der Waals surface area contributed by atoms with E-state index >= 15 is 0 Å². The van der Waals surface area contributed by atoms with Crippen molar-refractivity contribution in [3.63, 3.8) is 0 Å². The lowest BCUT2D eigenvalue weighted by atomic mass is 10.1. The van der Waals surface area contributed by atoms with Gasteiger partial charge in [-0.2, -0.15) is 0 Å². The van der Waals surface area contributed by atoms with Gasteiger partial charge >= 0.3 is 0 Å². The minimum atomic E-state index is -3.66. The molecule has 0 radical (unpaired) electrons. The third-order valence-corrected chi connectivity index (χ3v) is 5.90. The minimum absolute atomic E-state index is 0.175. The van der Waals surface area contributed by atoms with Gasteiger partial charge in [-0.05, 0) is 61.7 Å². The Labute approximate surface area is 171 Å². The molecular weight excluding hydrogens is 384 g/mol. The zero-order valence-electron chi connectivity index (χ0n) is 16.3. The average molecular weight is 409 g/mol. The van der Waals surface area contributed by atoms with Crippen LogP contribution >= 0.6 is 0 Å². The van der Waals surface area contributed by atoms with Crippen molar-refractivity contribution in [3.05, 3.63) is 95.6 Å². The SMILES string of the molecule is Cc1ccc(S(=O)(=O)Nc2ccc(C(=O)NCCCc3ccccc3)cc2)cc1. The maximum absolute atomic E-state index is 12.4. The Balaban J connectivity index is 1.52. The van der Waals surface area contributed by atoms with E-state index in [1.807, 2.05) is 25.1 Å². The van der Waals surface area contributed by atoms with Crippen molar-refractivity contribution in [1.82, 2.24) is 5.32 Å². The van der Waals surface area contributed by atoms with Crippen molar-refractivity contribution in [3.8, 4) is 0 Å². The Bertz CT molecular complexity index is 1050. The van der Waals surface area contributed by atoms with E-state index in [0.717, 1.165) is 18.4 Å². The summed E-state index contributed by atoms with van der Waals surface area (Å²) in [6, 6.07) is 23.1. The highest BCUT2D eigenvalue weighted by atomic mass is 32.2. The summed E-state index contributed by atoms with van der Waals surface area (Å²) >= 11 is 0. The number of amides is 1. The van der Waals surface area contributed by atoms with Gasteiger partial charge in [0.2, 0.25) is 0 Å². The number of rotatable bonds is 8. The van der Waals surface area contributed by atoms with Crippen LogP contribution in [0.15, 0.2) is 83.8 Å². The molecule has 0 aliphatic rings. The van der Waals surface area contributed by atoms with Crippen LogP contribution in [0.1, 0.15) is 27.9 Å². The molecule has 2 N–H and O–H groups in total. The lowest BCUT2D eigenvalue weighted by Gasteiger charge is -2.09. The molecule has 0 saturated carbocycles. The fraction of sp³-hybridized carbons (Fsp3) is 0.174. The highest BCUT2D eigenvalue weighted by molar-refractivity contribution is 7.92. The standard InChI is InChI=1S/C23H24N2O3S/c1-18-9-15-22(16-10-18)29(27,28)25-21-13-11-20(12-14-21)23(26)24-17-5-8-19-6-3-2-4-7-19/h2-4,6-7,9-16,25H,5,8,17H2,1H3,(H,24,26). The molecule has 150 valence electrons. The fourth-order valence-corrected chi connectivity index (χ4v) is 3.92. The fourth-order valence-electron chi connectivity index (χ4n) is 2.86. The van der Waals surface area contributed by atoms with Gasteiger partial charge < -0.3 is 5.32 Å². The smallest absolute Gasteiger partial charge is 0.261 e. The molecule has 5 nitrogen and oxygen atoms in total. The molecule has 0 atom stereocenters. The van der Waals surface area contributed by atoms with Crippen molar-refractivity contribution in [2.75, 3.05) is 11.3 Å². The number of carbonyl (C=O) groups is 1. The highest BCUT2D eigenvalue weighted by Crippen LogP contribution is 2.17. The monoisotopic (exact) mass is 408 g/mol. The second-order valence-electron chi connectivity index (χ2n) is 6.84. The predicted molar refractivity (Wildman–Crippen MR) is 116 cm³/mol. The molecule has 0 saturated heterocycles. The molecule has 0 aliphatic heterocycles. The lowest BCUT2D eigenvalue weighted by Crippen LogP contribution is -2.24. The Morgan fingerprint density at radius 3 is 2.17 bits per heavy atom. The summed E-state index contributed by atoms with van der Waals surface area (Å²) in [5, 5.41) is 2.89. The van der Waals surface area contributed by atoms with E-state index in [1.165, 1.54) is 5.56 Å². The van der Waals surface area contributed by atoms with Crippen molar-refractivity contribution >= 4 is 21.6 Å². The minimum Gasteiger partial charge on any atom is -0.352 e. The van der Waals surface area contributed by atoms with Crippen molar-refractivity contribution < 1.29 is 13.2 Å². The Kier molecular flexibility index (Phi) is 6.67. The summed E-state index contributed by atoms with van der Waals surface area (Å²) in [6.45, 7) is 2.48. The number of hydrogen-bond donors (Lipinski definition) is 2. The molecule has 0 aliphatic carbocycles. The Hall–Kier alpha value is -3.12. The van der Waals surface area contributed by atoms with Crippen LogP contribution in [0.5, 0.6) is 0 Å². The number of sulfonamides is 1. The summed E-state index contributed by atoms with van der Waals surface area (Å²) in [7, 11) is -3.66. The van der Waals surface area contributed by atoms with Gasteiger partial charge in [-0.1, -0.05) is 48.0 Å². The first-order valence-corrected chi connectivity index (χ1v) is 10.9. The first-order chi connectivity index (χ1) is 13.9. The van der Waals surface area contributed by atoms with E-state index in [1.54, 1.807) is 48.5 Å². The largest absolute Gasteiger partial charge is 0.352 e. The van der Waals surface area contributed by atoms with Crippen LogP contribution in [0.4, 0.5) is 5.69 Å². The summed E-state index contributed by atoms with van der Waals surface area (Å²) in [6.07, 6.45) is 1.75. The number of nitrogens with one attached hydrogen (secondary N) is 2. The van der Waals surface area contributed by atoms with Crippen molar-refractivity contribution in [1.29, 1.82) is 0 Å².